The summed E-state index contributed by atoms with van der Waals surface area (Å²) in [5.74, 6) is -0.170. The van der Waals surface area contributed by atoms with Crippen molar-refractivity contribution in [3.8, 4) is 0 Å². The van der Waals surface area contributed by atoms with Gasteiger partial charge in [0.25, 0.3) is 0 Å². The second-order valence-corrected chi connectivity index (χ2v) is 6.60. The monoisotopic (exact) mass is 294 g/mol. The first-order valence-corrected chi connectivity index (χ1v) is 7.57. The second-order valence-electron chi connectivity index (χ2n) is 4.71. The lowest BCUT2D eigenvalue weighted by Crippen LogP contribution is -2.45. The lowest BCUT2D eigenvalue weighted by Gasteiger charge is -2.23. The van der Waals surface area contributed by atoms with Crippen LogP contribution in [-0.4, -0.2) is 49.9 Å². The molecule has 0 amide bonds. The molecule has 0 aliphatic carbocycles. The third-order valence-electron chi connectivity index (χ3n) is 2.23. The van der Waals surface area contributed by atoms with E-state index in [4.69, 9.17) is 4.55 Å². The van der Waals surface area contributed by atoms with Crippen molar-refractivity contribution in [1.82, 2.24) is 0 Å². The summed E-state index contributed by atoms with van der Waals surface area (Å²) in [7, 11) is -1.01. The van der Waals surface area contributed by atoms with Crippen LogP contribution < -0.4 is 5.11 Å². The van der Waals surface area contributed by atoms with Crippen molar-refractivity contribution in [1.29, 1.82) is 0 Å². The fraction of sp³-hybridized carbons (Fsp3) is 0.750. The summed E-state index contributed by atoms with van der Waals surface area (Å²) >= 11 is 0. The van der Waals surface area contributed by atoms with Gasteiger partial charge in [-0.2, -0.15) is 3.89 Å². The molecule has 114 valence electrons. The predicted octanol–water partition coefficient (Wildman–Crippen LogP) is 1.01. The SMILES string of the molecule is C=C(C)C([O-])=NCCC.CCC[N+](C)(C)S(=O)(=O)O. The molecule has 0 aromatic carbocycles. The summed E-state index contributed by atoms with van der Waals surface area (Å²) in [6.07, 6.45) is 1.64. The van der Waals surface area contributed by atoms with Crippen LogP contribution in [0.5, 0.6) is 0 Å². The molecule has 0 atom stereocenters. The van der Waals surface area contributed by atoms with E-state index < -0.39 is 10.3 Å². The topological polar surface area (TPSA) is 89.8 Å². The van der Waals surface area contributed by atoms with Gasteiger partial charge in [-0.15, -0.1) is 8.42 Å². The number of nitrogens with zero attached hydrogens (tertiary/aromatic N) is 2. The van der Waals surface area contributed by atoms with E-state index in [1.54, 1.807) is 6.92 Å². The Kier molecular flexibility index (Phi) is 9.73. The van der Waals surface area contributed by atoms with Gasteiger partial charge in [0, 0.05) is 6.54 Å². The normalized spacial score (nSPS) is 12.6. The van der Waals surface area contributed by atoms with Crippen molar-refractivity contribution >= 4 is 16.2 Å². The minimum atomic E-state index is -3.93. The average Bonchev–Trinajstić information content (AvgIpc) is 2.24. The van der Waals surface area contributed by atoms with Crippen molar-refractivity contribution in [2.75, 3.05) is 27.2 Å². The van der Waals surface area contributed by atoms with Crippen LogP contribution in [0.3, 0.4) is 0 Å². The number of rotatable bonds is 6. The molecule has 0 aliphatic rings. The molecular formula is C12H26N2O4S. The Morgan fingerprint density at radius 1 is 1.32 bits per heavy atom. The number of hydrogen-bond acceptors (Lipinski definition) is 4. The predicted molar refractivity (Wildman–Crippen MR) is 76.2 cm³/mol. The van der Waals surface area contributed by atoms with E-state index in [-0.39, 0.29) is 9.79 Å². The average molecular weight is 294 g/mol. The first-order chi connectivity index (χ1) is 8.49. The van der Waals surface area contributed by atoms with Gasteiger partial charge in [-0.1, -0.05) is 20.4 Å². The van der Waals surface area contributed by atoms with Gasteiger partial charge in [-0.25, -0.2) is 4.55 Å². The summed E-state index contributed by atoms with van der Waals surface area (Å²) in [5.41, 5.74) is 0.517. The lowest BCUT2D eigenvalue weighted by molar-refractivity contribution is -0.767. The molecule has 19 heavy (non-hydrogen) atoms. The van der Waals surface area contributed by atoms with E-state index in [1.807, 2.05) is 13.8 Å². The van der Waals surface area contributed by atoms with E-state index in [1.165, 1.54) is 14.1 Å². The molecule has 0 saturated carbocycles. The molecule has 0 saturated heterocycles. The second kappa shape index (κ2) is 9.06. The maximum Gasteiger partial charge on any atom is 0.432 e. The highest BCUT2D eigenvalue weighted by Crippen LogP contribution is 2.05. The lowest BCUT2D eigenvalue weighted by atomic mass is 10.3. The third kappa shape index (κ3) is 9.63. The van der Waals surface area contributed by atoms with E-state index in [2.05, 4.69) is 11.6 Å². The van der Waals surface area contributed by atoms with Crippen LogP contribution in [0.25, 0.3) is 0 Å². The molecule has 0 unspecified atom stereocenters. The zero-order valence-electron chi connectivity index (χ0n) is 12.5. The highest BCUT2D eigenvalue weighted by atomic mass is 32.2. The molecule has 7 heteroatoms. The zero-order valence-corrected chi connectivity index (χ0v) is 13.3. The number of quaternary nitrogens is 1. The van der Waals surface area contributed by atoms with Gasteiger partial charge in [0.1, 0.15) is 0 Å². The van der Waals surface area contributed by atoms with Crippen LogP contribution in [0, 0.1) is 0 Å². The minimum Gasteiger partial charge on any atom is -0.859 e. The van der Waals surface area contributed by atoms with Gasteiger partial charge in [0.2, 0.25) is 0 Å². The molecule has 1 N–H and O–H groups in total. The Labute approximate surface area is 116 Å². The van der Waals surface area contributed by atoms with Gasteiger partial charge in [0.15, 0.2) is 0 Å². The van der Waals surface area contributed by atoms with E-state index in [9.17, 15) is 13.5 Å². The smallest absolute Gasteiger partial charge is 0.432 e. The van der Waals surface area contributed by atoms with Crippen molar-refractivity contribution in [2.24, 2.45) is 4.99 Å². The molecule has 6 nitrogen and oxygen atoms in total. The number of aliphatic imine (C=N–C) groups is 1. The molecule has 0 fully saturated rings. The maximum atomic E-state index is 10.6. The Morgan fingerprint density at radius 2 is 1.79 bits per heavy atom. The van der Waals surface area contributed by atoms with Gasteiger partial charge in [-0.05, 0) is 31.2 Å². The zero-order chi connectivity index (χ0) is 15.7. The molecule has 0 aromatic rings. The Morgan fingerprint density at radius 3 is 2.00 bits per heavy atom. The largest absolute Gasteiger partial charge is 0.859 e. The standard InChI is InChI=1S/C7H13NO.C5H13NO3S/c1-4-5-8-7(9)6(2)3;1-4-5-6(2,3)10(7,8)9/h2,4-5H2,1,3H3,(H,8,9);4-5H2,1-3H3. The van der Waals surface area contributed by atoms with Gasteiger partial charge < -0.3 is 10.1 Å². The summed E-state index contributed by atoms with van der Waals surface area (Å²) in [4.78, 5) is 3.70. The van der Waals surface area contributed by atoms with Crippen LogP contribution in [0.4, 0.5) is 0 Å². The van der Waals surface area contributed by atoms with E-state index in [0.717, 1.165) is 12.8 Å². The molecule has 0 bridgehead atoms. The summed E-state index contributed by atoms with van der Waals surface area (Å²) in [6, 6.07) is 0. The van der Waals surface area contributed by atoms with Crippen LogP contribution in [0.1, 0.15) is 33.6 Å². The van der Waals surface area contributed by atoms with Crippen LogP contribution in [0.2, 0.25) is 0 Å². The van der Waals surface area contributed by atoms with Crippen molar-refractivity contribution in [3.63, 3.8) is 0 Å². The highest BCUT2D eigenvalue weighted by Gasteiger charge is 2.28. The van der Waals surface area contributed by atoms with Crippen molar-refractivity contribution in [2.45, 2.75) is 33.6 Å². The Balaban J connectivity index is 0. The van der Waals surface area contributed by atoms with Gasteiger partial charge in [0.05, 0.1) is 20.6 Å². The first-order valence-electron chi connectivity index (χ1n) is 6.17. The van der Waals surface area contributed by atoms with Gasteiger partial charge >= 0.3 is 10.3 Å². The molecule has 0 rings (SSSR count). The fourth-order valence-corrected chi connectivity index (χ4v) is 1.42. The van der Waals surface area contributed by atoms with Crippen molar-refractivity contribution in [3.05, 3.63) is 12.2 Å². The molecule has 0 aliphatic heterocycles. The highest BCUT2D eigenvalue weighted by molar-refractivity contribution is 7.80. The first kappa shape index (κ1) is 20.4. The summed E-state index contributed by atoms with van der Waals surface area (Å²) in [5, 5.41) is 10.6. The minimum absolute atomic E-state index is 0.170. The summed E-state index contributed by atoms with van der Waals surface area (Å²) < 4.78 is 29.4. The van der Waals surface area contributed by atoms with E-state index >= 15 is 0 Å². The van der Waals surface area contributed by atoms with Gasteiger partial charge in [-0.3, -0.25) is 0 Å². The molecule has 0 spiro atoms. The van der Waals surface area contributed by atoms with Crippen molar-refractivity contribution < 1.29 is 22.0 Å². The molecular weight excluding hydrogens is 268 g/mol. The Bertz CT molecular complexity index is 400. The van der Waals surface area contributed by atoms with Crippen LogP contribution in [-0.2, 0) is 10.3 Å². The van der Waals surface area contributed by atoms with Crippen LogP contribution >= 0.6 is 0 Å². The third-order valence-corrected chi connectivity index (χ3v) is 3.66. The molecule has 0 heterocycles. The quantitative estimate of drug-likeness (QED) is 0.342. The molecule has 0 radical (unpaired) electrons. The fourth-order valence-electron chi connectivity index (χ4n) is 1.00. The van der Waals surface area contributed by atoms with E-state index in [0.29, 0.717) is 18.7 Å². The molecule has 0 aromatic heterocycles. The number of hydrogen-bond donors (Lipinski definition) is 1. The van der Waals surface area contributed by atoms with Crippen LogP contribution in [0.15, 0.2) is 17.1 Å². The summed E-state index contributed by atoms with van der Waals surface area (Å²) in [6.45, 7) is 10.0. The maximum absolute atomic E-state index is 10.6. The Hall–Kier alpha value is -0.920.